The van der Waals surface area contributed by atoms with Gasteiger partial charge >= 0.3 is 0 Å². The molecule has 1 aromatic rings. The van der Waals surface area contributed by atoms with E-state index in [9.17, 15) is 0 Å². The Morgan fingerprint density at radius 3 is 2.48 bits per heavy atom. The highest BCUT2D eigenvalue weighted by Crippen LogP contribution is 2.29. The molecule has 9 heteroatoms. The van der Waals surface area contributed by atoms with Crippen molar-refractivity contribution in [2.45, 2.75) is 65.5 Å². The predicted octanol–water partition coefficient (Wildman–Crippen LogP) is 2.71. The molecule has 0 unspecified atom stereocenters. The third kappa shape index (κ3) is 8.49. The van der Waals surface area contributed by atoms with Gasteiger partial charge in [0.2, 0.25) is 0 Å². The van der Waals surface area contributed by atoms with Gasteiger partial charge in [-0.3, -0.25) is 4.90 Å². The Morgan fingerprint density at radius 2 is 1.87 bits per heavy atom. The van der Waals surface area contributed by atoms with Crippen LogP contribution in [0, 0.1) is 18.8 Å². The fourth-order valence-electron chi connectivity index (χ4n) is 4.35. The van der Waals surface area contributed by atoms with Crippen molar-refractivity contribution in [2.24, 2.45) is 23.9 Å². The second-order valence-corrected chi connectivity index (χ2v) is 9.12. The third-order valence-corrected chi connectivity index (χ3v) is 6.66. The lowest BCUT2D eigenvalue weighted by atomic mass is 9.80. The standard InChI is InChI=1S/C22H41N7O.HI/c1-17(2)19-6-8-20(9-7-19)25-22(24-16-21-27-26-18(3)28(21)4)23-10-5-11-29-12-14-30-15-13-29;/h17,19-20H,5-16H2,1-4H3,(H2,23,24,25);1H. The number of hydrogen-bond donors (Lipinski definition) is 2. The fourth-order valence-corrected chi connectivity index (χ4v) is 4.35. The van der Waals surface area contributed by atoms with Crippen LogP contribution >= 0.6 is 24.0 Å². The maximum atomic E-state index is 5.44. The number of ether oxygens (including phenoxy) is 1. The van der Waals surface area contributed by atoms with Crippen molar-refractivity contribution in [3.05, 3.63) is 11.6 Å². The smallest absolute Gasteiger partial charge is 0.191 e. The Hall–Kier alpha value is -0.940. The summed E-state index contributed by atoms with van der Waals surface area (Å²) in [5, 5.41) is 15.7. The molecule has 3 rings (SSSR count). The number of morpholine rings is 1. The molecule has 2 N–H and O–H groups in total. The number of halogens is 1. The number of nitrogens with one attached hydrogen (secondary N) is 2. The minimum Gasteiger partial charge on any atom is -0.379 e. The molecule has 0 bridgehead atoms. The molecule has 0 spiro atoms. The fraction of sp³-hybridized carbons (Fsp3) is 0.864. The lowest BCUT2D eigenvalue weighted by Crippen LogP contribution is -2.46. The molecular weight excluding hydrogens is 505 g/mol. The molecule has 2 heterocycles. The lowest BCUT2D eigenvalue weighted by molar-refractivity contribution is 0.0376. The molecule has 0 amide bonds. The van der Waals surface area contributed by atoms with E-state index in [0.29, 0.717) is 12.6 Å². The number of aromatic nitrogens is 3. The number of hydrogen-bond acceptors (Lipinski definition) is 5. The van der Waals surface area contributed by atoms with E-state index in [1.165, 1.54) is 25.7 Å². The molecule has 1 aliphatic carbocycles. The van der Waals surface area contributed by atoms with Crippen molar-refractivity contribution in [2.75, 3.05) is 39.4 Å². The van der Waals surface area contributed by atoms with Gasteiger partial charge in [0.1, 0.15) is 12.4 Å². The molecule has 1 aromatic heterocycles. The van der Waals surface area contributed by atoms with E-state index in [4.69, 9.17) is 9.73 Å². The lowest BCUT2D eigenvalue weighted by Gasteiger charge is -2.32. The average molecular weight is 548 g/mol. The van der Waals surface area contributed by atoms with Gasteiger partial charge in [-0.25, -0.2) is 4.99 Å². The van der Waals surface area contributed by atoms with E-state index >= 15 is 0 Å². The third-order valence-electron chi connectivity index (χ3n) is 6.66. The van der Waals surface area contributed by atoms with Gasteiger partial charge in [-0.15, -0.1) is 34.2 Å². The highest BCUT2D eigenvalue weighted by Gasteiger charge is 2.23. The Morgan fingerprint density at radius 1 is 1.16 bits per heavy atom. The van der Waals surface area contributed by atoms with Gasteiger partial charge in [-0.1, -0.05) is 13.8 Å². The molecule has 0 atom stereocenters. The van der Waals surface area contributed by atoms with Gasteiger partial charge in [-0.05, 0) is 57.4 Å². The van der Waals surface area contributed by atoms with Crippen LogP contribution in [-0.2, 0) is 18.3 Å². The summed E-state index contributed by atoms with van der Waals surface area (Å²) in [7, 11) is 2.00. The van der Waals surface area contributed by atoms with E-state index in [-0.39, 0.29) is 24.0 Å². The van der Waals surface area contributed by atoms with Crippen molar-refractivity contribution in [1.82, 2.24) is 30.3 Å². The first-order valence-corrected chi connectivity index (χ1v) is 11.7. The minimum absolute atomic E-state index is 0. The zero-order valence-electron chi connectivity index (χ0n) is 19.8. The Bertz CT molecular complexity index is 665. The molecule has 1 saturated heterocycles. The first-order valence-electron chi connectivity index (χ1n) is 11.7. The molecular formula is C22H42IN7O. The van der Waals surface area contributed by atoms with Crippen LogP contribution in [-0.4, -0.2) is 71.1 Å². The van der Waals surface area contributed by atoms with Crippen molar-refractivity contribution >= 4 is 29.9 Å². The number of guanidine groups is 1. The molecule has 2 fully saturated rings. The van der Waals surface area contributed by atoms with Gasteiger partial charge < -0.3 is 19.9 Å². The first kappa shape index (κ1) is 26.3. The summed E-state index contributed by atoms with van der Waals surface area (Å²) in [6, 6.07) is 0.506. The van der Waals surface area contributed by atoms with Crippen LogP contribution in [0.15, 0.2) is 4.99 Å². The molecule has 31 heavy (non-hydrogen) atoms. The quantitative estimate of drug-likeness (QED) is 0.226. The summed E-state index contributed by atoms with van der Waals surface area (Å²) in [6.07, 6.45) is 6.16. The van der Waals surface area contributed by atoms with Crippen molar-refractivity contribution in [3.8, 4) is 0 Å². The van der Waals surface area contributed by atoms with Crippen LogP contribution < -0.4 is 10.6 Å². The SMILES string of the molecule is Cc1nnc(CN=C(NCCCN2CCOCC2)NC2CCC(C(C)C)CC2)n1C.I. The molecule has 0 aromatic carbocycles. The van der Waals surface area contributed by atoms with Gasteiger partial charge in [0.15, 0.2) is 11.8 Å². The summed E-state index contributed by atoms with van der Waals surface area (Å²) >= 11 is 0. The summed E-state index contributed by atoms with van der Waals surface area (Å²) in [5.74, 6) is 4.37. The van der Waals surface area contributed by atoms with E-state index in [0.717, 1.165) is 75.3 Å². The molecule has 8 nitrogen and oxygen atoms in total. The van der Waals surface area contributed by atoms with Crippen LogP contribution in [0.1, 0.15) is 57.6 Å². The second-order valence-electron chi connectivity index (χ2n) is 9.12. The molecule has 178 valence electrons. The number of rotatable bonds is 8. The minimum atomic E-state index is 0. The topological polar surface area (TPSA) is 79.6 Å². The number of aryl methyl sites for hydroxylation is 1. The summed E-state index contributed by atoms with van der Waals surface area (Å²) in [5.41, 5.74) is 0. The van der Waals surface area contributed by atoms with Crippen molar-refractivity contribution in [1.29, 1.82) is 0 Å². The summed E-state index contributed by atoms with van der Waals surface area (Å²) < 4.78 is 7.44. The van der Waals surface area contributed by atoms with E-state index in [1.807, 2.05) is 18.5 Å². The predicted molar refractivity (Wildman–Crippen MR) is 136 cm³/mol. The monoisotopic (exact) mass is 547 g/mol. The molecule has 1 saturated carbocycles. The zero-order valence-corrected chi connectivity index (χ0v) is 22.1. The second kappa shape index (κ2) is 13.6. The Kier molecular flexibility index (Phi) is 11.5. The Labute approximate surface area is 205 Å². The molecule has 1 aliphatic heterocycles. The van der Waals surface area contributed by atoms with Crippen LogP contribution in [0.2, 0.25) is 0 Å². The van der Waals surface area contributed by atoms with Crippen LogP contribution in [0.3, 0.4) is 0 Å². The van der Waals surface area contributed by atoms with Crippen molar-refractivity contribution in [3.63, 3.8) is 0 Å². The average Bonchev–Trinajstić information content (AvgIpc) is 3.08. The van der Waals surface area contributed by atoms with Crippen LogP contribution in [0.5, 0.6) is 0 Å². The number of aliphatic imine (C=N–C) groups is 1. The summed E-state index contributed by atoms with van der Waals surface area (Å²) in [4.78, 5) is 7.32. The van der Waals surface area contributed by atoms with E-state index in [1.54, 1.807) is 0 Å². The molecule has 2 aliphatic rings. The van der Waals surface area contributed by atoms with Gasteiger partial charge in [0.25, 0.3) is 0 Å². The van der Waals surface area contributed by atoms with Gasteiger partial charge in [0.05, 0.1) is 13.2 Å². The van der Waals surface area contributed by atoms with Crippen LogP contribution in [0.4, 0.5) is 0 Å². The normalized spacial score (nSPS) is 22.9. The zero-order chi connectivity index (χ0) is 21.3. The maximum absolute atomic E-state index is 5.44. The number of nitrogens with zero attached hydrogens (tertiary/aromatic N) is 5. The van der Waals surface area contributed by atoms with Crippen LogP contribution in [0.25, 0.3) is 0 Å². The maximum Gasteiger partial charge on any atom is 0.191 e. The van der Waals surface area contributed by atoms with Gasteiger partial charge in [-0.2, -0.15) is 0 Å². The first-order chi connectivity index (χ1) is 14.5. The summed E-state index contributed by atoms with van der Waals surface area (Å²) in [6.45, 7) is 13.0. The largest absolute Gasteiger partial charge is 0.379 e. The van der Waals surface area contributed by atoms with Crippen molar-refractivity contribution < 1.29 is 4.74 Å². The van der Waals surface area contributed by atoms with Gasteiger partial charge in [0, 0.05) is 32.7 Å². The van der Waals surface area contributed by atoms with E-state index in [2.05, 4.69) is 39.6 Å². The Balaban J connectivity index is 0.00000341. The molecule has 0 radical (unpaired) electrons. The van der Waals surface area contributed by atoms with E-state index < -0.39 is 0 Å². The highest BCUT2D eigenvalue weighted by molar-refractivity contribution is 14.0. The highest BCUT2D eigenvalue weighted by atomic mass is 127.